The van der Waals surface area contributed by atoms with Crippen LogP contribution in [0.1, 0.15) is 32.4 Å². The van der Waals surface area contributed by atoms with Crippen molar-refractivity contribution >= 4 is 6.09 Å². The zero-order valence-electron chi connectivity index (χ0n) is 13.1. The van der Waals surface area contributed by atoms with Crippen LogP contribution in [0.4, 0.5) is 4.79 Å². The van der Waals surface area contributed by atoms with Gasteiger partial charge in [0.2, 0.25) is 0 Å². The smallest absolute Gasteiger partial charge is 0.407 e. The van der Waals surface area contributed by atoms with Crippen molar-refractivity contribution in [2.75, 3.05) is 20.8 Å². The highest BCUT2D eigenvalue weighted by Gasteiger charge is 2.21. The number of carbonyl (C=O) groups is 1. The number of methoxy groups -OCH3 is 2. The topological polar surface area (TPSA) is 77.0 Å². The summed E-state index contributed by atoms with van der Waals surface area (Å²) in [4.78, 5) is 11.6. The minimum atomic E-state index is -0.969. The fraction of sp³-hybridized carbons (Fsp3) is 0.533. The molecule has 0 fully saturated rings. The first kappa shape index (κ1) is 17.1. The van der Waals surface area contributed by atoms with Gasteiger partial charge in [-0.15, -0.1) is 0 Å². The van der Waals surface area contributed by atoms with Crippen LogP contribution < -0.4 is 14.8 Å². The number of rotatable bonds is 5. The average molecular weight is 297 g/mol. The molecule has 0 aromatic heterocycles. The van der Waals surface area contributed by atoms with Crippen molar-refractivity contribution < 1.29 is 24.1 Å². The summed E-state index contributed by atoms with van der Waals surface area (Å²) < 4.78 is 15.5. The first-order chi connectivity index (χ1) is 9.78. The van der Waals surface area contributed by atoms with Crippen molar-refractivity contribution in [2.45, 2.75) is 32.5 Å². The average Bonchev–Trinajstić information content (AvgIpc) is 2.41. The van der Waals surface area contributed by atoms with Crippen LogP contribution in [-0.4, -0.2) is 37.6 Å². The molecule has 0 unspecified atom stereocenters. The molecule has 0 aliphatic heterocycles. The van der Waals surface area contributed by atoms with Crippen molar-refractivity contribution in [3.63, 3.8) is 0 Å². The van der Waals surface area contributed by atoms with E-state index in [1.807, 2.05) is 0 Å². The molecule has 1 aromatic rings. The first-order valence-electron chi connectivity index (χ1n) is 6.64. The zero-order valence-corrected chi connectivity index (χ0v) is 13.1. The van der Waals surface area contributed by atoms with E-state index in [0.29, 0.717) is 17.1 Å². The molecule has 0 saturated carbocycles. The molecule has 1 amide bonds. The number of carbonyl (C=O) groups excluding carboxylic acids is 1. The SMILES string of the molecule is COc1cccc(OC)c1[C@H](O)CNC(=O)OC(C)(C)C. The Kier molecular flexibility index (Phi) is 5.84. The van der Waals surface area contributed by atoms with E-state index in [1.54, 1.807) is 39.0 Å². The summed E-state index contributed by atoms with van der Waals surface area (Å²) in [5.74, 6) is 0.987. The molecule has 118 valence electrons. The molecule has 0 saturated heterocycles. The van der Waals surface area contributed by atoms with Gasteiger partial charge < -0.3 is 24.6 Å². The van der Waals surface area contributed by atoms with Crippen molar-refractivity contribution in [3.05, 3.63) is 23.8 Å². The molecule has 0 bridgehead atoms. The van der Waals surface area contributed by atoms with Crippen molar-refractivity contribution in [3.8, 4) is 11.5 Å². The fourth-order valence-corrected chi connectivity index (χ4v) is 1.80. The Morgan fingerprint density at radius 1 is 1.24 bits per heavy atom. The number of benzene rings is 1. The van der Waals surface area contributed by atoms with E-state index in [1.165, 1.54) is 14.2 Å². The van der Waals surface area contributed by atoms with Crippen LogP contribution in [0.3, 0.4) is 0 Å². The quantitative estimate of drug-likeness (QED) is 0.871. The van der Waals surface area contributed by atoms with Crippen molar-refractivity contribution in [1.29, 1.82) is 0 Å². The highest BCUT2D eigenvalue weighted by atomic mass is 16.6. The number of amides is 1. The van der Waals surface area contributed by atoms with Gasteiger partial charge in [-0.3, -0.25) is 0 Å². The lowest BCUT2D eigenvalue weighted by atomic mass is 10.1. The molecule has 0 radical (unpaired) electrons. The van der Waals surface area contributed by atoms with Gasteiger partial charge in [-0.2, -0.15) is 0 Å². The van der Waals surface area contributed by atoms with E-state index >= 15 is 0 Å². The number of nitrogens with one attached hydrogen (secondary N) is 1. The van der Waals surface area contributed by atoms with E-state index in [4.69, 9.17) is 14.2 Å². The summed E-state index contributed by atoms with van der Waals surface area (Å²) in [7, 11) is 3.01. The molecule has 0 aliphatic rings. The van der Waals surface area contributed by atoms with Crippen LogP contribution in [0.15, 0.2) is 18.2 Å². The Bertz CT molecular complexity index is 459. The second-order valence-electron chi connectivity index (χ2n) is 5.47. The molecule has 0 aliphatic carbocycles. The third-order valence-corrected chi connectivity index (χ3v) is 2.64. The summed E-state index contributed by atoms with van der Waals surface area (Å²) >= 11 is 0. The van der Waals surface area contributed by atoms with Gasteiger partial charge in [0.15, 0.2) is 0 Å². The van der Waals surface area contributed by atoms with Crippen LogP contribution in [0.2, 0.25) is 0 Å². The van der Waals surface area contributed by atoms with E-state index in [2.05, 4.69) is 5.32 Å². The molecule has 1 atom stereocenters. The van der Waals surface area contributed by atoms with E-state index in [0.717, 1.165) is 0 Å². The maximum absolute atomic E-state index is 11.6. The van der Waals surface area contributed by atoms with E-state index in [9.17, 15) is 9.90 Å². The molecule has 0 spiro atoms. The summed E-state index contributed by atoms with van der Waals surface area (Å²) in [5, 5.41) is 12.8. The third kappa shape index (κ3) is 5.15. The van der Waals surface area contributed by atoms with Gasteiger partial charge in [-0.1, -0.05) is 6.07 Å². The second kappa shape index (κ2) is 7.17. The lowest BCUT2D eigenvalue weighted by molar-refractivity contribution is 0.0489. The summed E-state index contributed by atoms with van der Waals surface area (Å²) in [6.07, 6.45) is -1.56. The maximum atomic E-state index is 11.6. The number of alkyl carbamates (subject to hydrolysis) is 1. The van der Waals surface area contributed by atoms with Crippen LogP contribution in [0.25, 0.3) is 0 Å². The Morgan fingerprint density at radius 3 is 2.19 bits per heavy atom. The highest BCUT2D eigenvalue weighted by Crippen LogP contribution is 2.33. The van der Waals surface area contributed by atoms with Crippen LogP contribution in [0.5, 0.6) is 11.5 Å². The number of hydrogen-bond donors (Lipinski definition) is 2. The predicted molar refractivity (Wildman–Crippen MR) is 78.7 cm³/mol. The maximum Gasteiger partial charge on any atom is 0.407 e. The molecule has 1 rings (SSSR count). The Labute approximate surface area is 125 Å². The number of aliphatic hydroxyl groups is 1. The normalized spacial score (nSPS) is 12.5. The van der Waals surface area contributed by atoms with E-state index in [-0.39, 0.29) is 6.54 Å². The molecule has 0 heterocycles. The molecule has 6 nitrogen and oxygen atoms in total. The predicted octanol–water partition coefficient (Wildman–Crippen LogP) is 2.26. The van der Waals surface area contributed by atoms with Gasteiger partial charge in [0, 0.05) is 0 Å². The molecular weight excluding hydrogens is 274 g/mol. The number of ether oxygens (including phenoxy) is 3. The highest BCUT2D eigenvalue weighted by molar-refractivity contribution is 5.67. The van der Waals surface area contributed by atoms with Crippen LogP contribution >= 0.6 is 0 Å². The minimum absolute atomic E-state index is 0.00829. The van der Waals surface area contributed by atoms with Gasteiger partial charge in [0.25, 0.3) is 0 Å². The minimum Gasteiger partial charge on any atom is -0.496 e. The lowest BCUT2D eigenvalue weighted by Gasteiger charge is -2.21. The number of aliphatic hydroxyl groups excluding tert-OH is 1. The summed E-state index contributed by atoms with van der Waals surface area (Å²) in [6.45, 7) is 5.30. The van der Waals surface area contributed by atoms with Crippen molar-refractivity contribution in [2.24, 2.45) is 0 Å². The van der Waals surface area contributed by atoms with Gasteiger partial charge in [-0.25, -0.2) is 4.79 Å². The Hall–Kier alpha value is -1.95. The van der Waals surface area contributed by atoms with Gasteiger partial charge in [0.1, 0.15) is 23.2 Å². The third-order valence-electron chi connectivity index (χ3n) is 2.64. The second-order valence-corrected chi connectivity index (χ2v) is 5.47. The van der Waals surface area contributed by atoms with Crippen LogP contribution in [0, 0.1) is 0 Å². The van der Waals surface area contributed by atoms with Gasteiger partial charge in [0.05, 0.1) is 26.3 Å². The molecule has 21 heavy (non-hydrogen) atoms. The molecule has 1 aromatic carbocycles. The summed E-state index contributed by atoms with van der Waals surface area (Å²) in [5.41, 5.74) is -0.101. The first-order valence-corrected chi connectivity index (χ1v) is 6.64. The molecule has 2 N–H and O–H groups in total. The molecular formula is C15H23NO5. The lowest BCUT2D eigenvalue weighted by Crippen LogP contribution is -2.34. The summed E-state index contributed by atoms with van der Waals surface area (Å²) in [6, 6.07) is 5.19. The van der Waals surface area contributed by atoms with Crippen molar-refractivity contribution in [1.82, 2.24) is 5.32 Å². The zero-order chi connectivity index (χ0) is 16.0. The fourth-order valence-electron chi connectivity index (χ4n) is 1.80. The Balaban J connectivity index is 2.76. The van der Waals surface area contributed by atoms with Gasteiger partial charge >= 0.3 is 6.09 Å². The molecule has 6 heteroatoms. The van der Waals surface area contributed by atoms with E-state index < -0.39 is 17.8 Å². The number of hydrogen-bond acceptors (Lipinski definition) is 5. The Morgan fingerprint density at radius 2 is 1.76 bits per heavy atom. The van der Waals surface area contributed by atoms with Gasteiger partial charge in [-0.05, 0) is 32.9 Å². The van der Waals surface area contributed by atoms with Crippen LogP contribution in [-0.2, 0) is 4.74 Å². The standard InChI is InChI=1S/C15H23NO5/c1-15(2,3)21-14(18)16-9-10(17)13-11(19-4)7-6-8-12(13)20-5/h6-8,10,17H,9H2,1-5H3,(H,16,18)/t10-/m1/s1. The monoisotopic (exact) mass is 297 g/mol. The largest absolute Gasteiger partial charge is 0.496 e.